The molecule has 0 rings (SSSR count). The molecule has 0 aliphatic rings. The third-order valence-corrected chi connectivity index (χ3v) is 1.16. The molecule has 0 aliphatic carbocycles. The predicted molar refractivity (Wildman–Crippen MR) is 43.5 cm³/mol. The van der Waals surface area contributed by atoms with Crippen LogP contribution >= 0.6 is 0 Å². The van der Waals surface area contributed by atoms with E-state index in [1.54, 1.807) is 6.08 Å². The molecule has 0 saturated carbocycles. The van der Waals surface area contributed by atoms with E-state index < -0.39 is 0 Å². The van der Waals surface area contributed by atoms with Gasteiger partial charge in [0, 0.05) is 6.61 Å². The highest BCUT2D eigenvalue weighted by atomic mass is 16.5. The highest BCUT2D eigenvalue weighted by molar-refractivity contribution is 4.66. The van der Waals surface area contributed by atoms with Gasteiger partial charge in [-0.3, -0.25) is 0 Å². The molecule has 0 saturated heterocycles. The van der Waals surface area contributed by atoms with Crippen LogP contribution < -0.4 is 0 Å². The molecule has 66 valence electrons. The van der Waals surface area contributed by atoms with Crippen LogP contribution in [0.5, 0.6) is 0 Å². The van der Waals surface area contributed by atoms with E-state index in [9.17, 15) is 0 Å². The minimum Gasteiger partial charge on any atom is -0.394 e. The van der Waals surface area contributed by atoms with Crippen molar-refractivity contribution in [1.82, 2.24) is 0 Å². The summed E-state index contributed by atoms with van der Waals surface area (Å²) in [5, 5.41) is 8.74. The first-order valence-corrected chi connectivity index (χ1v) is 3.76. The van der Waals surface area contributed by atoms with Crippen LogP contribution in [0.4, 0.5) is 0 Å². The van der Waals surface area contributed by atoms with Crippen LogP contribution in [0, 0.1) is 0 Å². The van der Waals surface area contributed by atoms with Crippen molar-refractivity contribution in [3.05, 3.63) is 12.7 Å². The average molecular weight is 160 g/mol. The zero-order valence-electron chi connectivity index (χ0n) is 6.95. The van der Waals surface area contributed by atoms with E-state index in [-0.39, 0.29) is 12.7 Å². The molecular weight excluding hydrogens is 144 g/mol. The lowest BCUT2D eigenvalue weighted by Gasteiger charge is -2.13. The fraction of sp³-hybridized carbons (Fsp3) is 0.750. The molecule has 1 N–H and O–H groups in total. The SMILES string of the molecule is C=CCOC(CO)COCC. The number of rotatable bonds is 7. The van der Waals surface area contributed by atoms with Crippen LogP contribution in [0.3, 0.4) is 0 Å². The molecule has 0 radical (unpaired) electrons. The van der Waals surface area contributed by atoms with Crippen molar-refractivity contribution in [2.45, 2.75) is 13.0 Å². The molecule has 0 aliphatic heterocycles. The van der Waals surface area contributed by atoms with Crippen molar-refractivity contribution in [1.29, 1.82) is 0 Å². The second-order valence-electron chi connectivity index (χ2n) is 2.09. The van der Waals surface area contributed by atoms with Gasteiger partial charge in [-0.05, 0) is 6.92 Å². The molecule has 0 bridgehead atoms. The van der Waals surface area contributed by atoms with Crippen molar-refractivity contribution in [2.75, 3.05) is 26.4 Å². The Hall–Kier alpha value is -0.380. The summed E-state index contributed by atoms with van der Waals surface area (Å²) in [7, 11) is 0. The summed E-state index contributed by atoms with van der Waals surface area (Å²) in [5.41, 5.74) is 0. The third kappa shape index (κ3) is 6.04. The van der Waals surface area contributed by atoms with Gasteiger partial charge in [-0.1, -0.05) is 6.08 Å². The van der Waals surface area contributed by atoms with Gasteiger partial charge in [-0.25, -0.2) is 0 Å². The molecule has 3 nitrogen and oxygen atoms in total. The summed E-state index contributed by atoms with van der Waals surface area (Å²) in [6, 6.07) is 0. The van der Waals surface area contributed by atoms with Gasteiger partial charge in [0.25, 0.3) is 0 Å². The van der Waals surface area contributed by atoms with Crippen molar-refractivity contribution in [3.8, 4) is 0 Å². The number of aliphatic hydroxyl groups excluding tert-OH is 1. The van der Waals surface area contributed by atoms with Gasteiger partial charge < -0.3 is 14.6 Å². The first kappa shape index (κ1) is 10.6. The summed E-state index contributed by atoms with van der Waals surface area (Å²) in [5.74, 6) is 0. The topological polar surface area (TPSA) is 38.7 Å². The zero-order valence-corrected chi connectivity index (χ0v) is 6.95. The van der Waals surface area contributed by atoms with Crippen LogP contribution in [0.2, 0.25) is 0 Å². The molecule has 0 amide bonds. The van der Waals surface area contributed by atoms with Crippen molar-refractivity contribution >= 4 is 0 Å². The minimum atomic E-state index is -0.215. The van der Waals surface area contributed by atoms with E-state index in [0.717, 1.165) is 0 Å². The average Bonchev–Trinajstić information content (AvgIpc) is 2.05. The smallest absolute Gasteiger partial charge is 0.104 e. The number of hydrogen-bond acceptors (Lipinski definition) is 3. The Morgan fingerprint density at radius 1 is 1.64 bits per heavy atom. The second kappa shape index (κ2) is 7.72. The van der Waals surface area contributed by atoms with Crippen molar-refractivity contribution in [2.24, 2.45) is 0 Å². The Kier molecular flexibility index (Phi) is 7.46. The molecule has 0 fully saturated rings. The molecule has 11 heavy (non-hydrogen) atoms. The van der Waals surface area contributed by atoms with Crippen LogP contribution in [0.1, 0.15) is 6.92 Å². The number of hydrogen-bond donors (Lipinski definition) is 1. The first-order valence-electron chi connectivity index (χ1n) is 3.76. The normalized spacial score (nSPS) is 12.9. The lowest BCUT2D eigenvalue weighted by Crippen LogP contribution is -2.24. The van der Waals surface area contributed by atoms with Gasteiger partial charge in [0.05, 0.1) is 19.8 Å². The van der Waals surface area contributed by atoms with E-state index >= 15 is 0 Å². The van der Waals surface area contributed by atoms with E-state index in [1.165, 1.54) is 0 Å². The summed E-state index contributed by atoms with van der Waals surface area (Å²) in [4.78, 5) is 0. The Morgan fingerprint density at radius 3 is 2.82 bits per heavy atom. The van der Waals surface area contributed by atoms with Crippen molar-refractivity contribution < 1.29 is 14.6 Å². The molecule has 1 unspecified atom stereocenters. The molecule has 0 aromatic rings. The Labute approximate surface area is 67.6 Å². The van der Waals surface area contributed by atoms with Gasteiger partial charge in [0.15, 0.2) is 0 Å². The van der Waals surface area contributed by atoms with Gasteiger partial charge in [0.2, 0.25) is 0 Å². The summed E-state index contributed by atoms with van der Waals surface area (Å²) in [6.07, 6.45) is 1.43. The summed E-state index contributed by atoms with van der Waals surface area (Å²) >= 11 is 0. The number of ether oxygens (including phenoxy) is 2. The maximum Gasteiger partial charge on any atom is 0.104 e. The van der Waals surface area contributed by atoms with Crippen LogP contribution in [0.25, 0.3) is 0 Å². The number of aliphatic hydroxyl groups is 1. The van der Waals surface area contributed by atoms with Gasteiger partial charge in [-0.2, -0.15) is 0 Å². The highest BCUT2D eigenvalue weighted by Gasteiger charge is 2.05. The van der Waals surface area contributed by atoms with Gasteiger partial charge in [0.1, 0.15) is 6.10 Å². The Bertz CT molecular complexity index is 93.3. The van der Waals surface area contributed by atoms with Crippen LogP contribution in [-0.4, -0.2) is 37.6 Å². The Balaban J connectivity index is 3.32. The van der Waals surface area contributed by atoms with E-state index in [2.05, 4.69) is 6.58 Å². The molecule has 0 aromatic carbocycles. The molecule has 0 aromatic heterocycles. The summed E-state index contributed by atoms with van der Waals surface area (Å²) in [6.45, 7) is 6.95. The Morgan fingerprint density at radius 2 is 2.36 bits per heavy atom. The van der Waals surface area contributed by atoms with Crippen LogP contribution in [-0.2, 0) is 9.47 Å². The lowest BCUT2D eigenvalue weighted by atomic mass is 10.4. The summed E-state index contributed by atoms with van der Waals surface area (Å²) < 4.78 is 10.2. The quantitative estimate of drug-likeness (QED) is 0.554. The van der Waals surface area contributed by atoms with E-state index in [4.69, 9.17) is 14.6 Å². The maximum atomic E-state index is 8.74. The lowest BCUT2D eigenvalue weighted by molar-refractivity contribution is -0.0299. The minimum absolute atomic E-state index is 0.00611. The zero-order chi connectivity index (χ0) is 8.53. The van der Waals surface area contributed by atoms with Gasteiger partial charge >= 0.3 is 0 Å². The highest BCUT2D eigenvalue weighted by Crippen LogP contribution is 1.92. The monoisotopic (exact) mass is 160 g/mol. The van der Waals surface area contributed by atoms with E-state index in [0.29, 0.717) is 19.8 Å². The van der Waals surface area contributed by atoms with Gasteiger partial charge in [-0.15, -0.1) is 6.58 Å². The third-order valence-electron chi connectivity index (χ3n) is 1.16. The fourth-order valence-corrected chi connectivity index (χ4v) is 0.607. The molecule has 0 heterocycles. The van der Waals surface area contributed by atoms with Crippen LogP contribution in [0.15, 0.2) is 12.7 Å². The van der Waals surface area contributed by atoms with Crippen molar-refractivity contribution in [3.63, 3.8) is 0 Å². The fourth-order valence-electron chi connectivity index (χ4n) is 0.607. The first-order chi connectivity index (χ1) is 5.35. The molecule has 3 heteroatoms. The largest absolute Gasteiger partial charge is 0.394 e. The standard InChI is InChI=1S/C8H16O3/c1-3-5-11-8(6-9)7-10-4-2/h3,8-9H,1,4-7H2,2H3. The maximum absolute atomic E-state index is 8.74. The molecular formula is C8H16O3. The predicted octanol–water partition coefficient (Wildman–Crippen LogP) is 0.586. The second-order valence-corrected chi connectivity index (χ2v) is 2.09. The molecule has 0 spiro atoms. The van der Waals surface area contributed by atoms with E-state index in [1.807, 2.05) is 6.92 Å². The molecule has 1 atom stereocenters.